The Morgan fingerprint density at radius 1 is 1.20 bits per heavy atom. The number of aliphatic carboxylic acids is 1. The van der Waals surface area contributed by atoms with Crippen LogP contribution < -0.4 is 5.48 Å². The van der Waals surface area contributed by atoms with Gasteiger partial charge in [-0.1, -0.05) is 12.8 Å². The summed E-state index contributed by atoms with van der Waals surface area (Å²) in [6.45, 7) is 2.39. The van der Waals surface area contributed by atoms with Crippen molar-refractivity contribution in [3.63, 3.8) is 0 Å². The fourth-order valence-electron chi connectivity index (χ4n) is 2.67. The van der Waals surface area contributed by atoms with E-state index in [2.05, 4.69) is 0 Å². The van der Waals surface area contributed by atoms with Crippen LogP contribution in [0.15, 0.2) is 0 Å². The molecule has 0 radical (unpaired) electrons. The molecule has 0 aromatic rings. The van der Waals surface area contributed by atoms with Gasteiger partial charge in [0.05, 0.1) is 11.8 Å². The van der Waals surface area contributed by atoms with Gasteiger partial charge in [-0.2, -0.15) is 0 Å². The third kappa shape index (κ3) is 4.19. The number of carbonyl (C=O) groups is 3. The van der Waals surface area contributed by atoms with Crippen LogP contribution in [0.2, 0.25) is 0 Å². The molecule has 1 aliphatic carbocycles. The lowest BCUT2D eigenvalue weighted by Crippen LogP contribution is -2.43. The van der Waals surface area contributed by atoms with Crippen molar-refractivity contribution >= 4 is 17.8 Å². The zero-order valence-electron chi connectivity index (χ0n) is 11.7. The number of hydroxylamine groups is 1. The predicted octanol–water partition coefficient (Wildman–Crippen LogP) is 0.621. The lowest BCUT2D eigenvalue weighted by Gasteiger charge is -2.32. The standard InChI is InChI=1S/C13H22N2O5/c1-2-15(8-7-11(16)14-20)12(17)9-5-3-4-6-10(9)13(18)19/h9-10,20H,2-8H2,1H3,(H,14,16)(H,18,19)/t9-,10-/m0/s1. The van der Waals surface area contributed by atoms with E-state index in [4.69, 9.17) is 5.21 Å². The van der Waals surface area contributed by atoms with E-state index in [9.17, 15) is 19.5 Å². The van der Waals surface area contributed by atoms with Crippen LogP contribution in [-0.2, 0) is 14.4 Å². The van der Waals surface area contributed by atoms with Gasteiger partial charge in [0.15, 0.2) is 0 Å². The van der Waals surface area contributed by atoms with Gasteiger partial charge in [0.1, 0.15) is 0 Å². The Labute approximate surface area is 117 Å². The summed E-state index contributed by atoms with van der Waals surface area (Å²) >= 11 is 0. The first-order chi connectivity index (χ1) is 9.51. The Hall–Kier alpha value is -1.63. The van der Waals surface area contributed by atoms with Gasteiger partial charge in [0.25, 0.3) is 0 Å². The Kier molecular flexibility index (Phi) is 6.44. The number of nitrogens with zero attached hydrogens (tertiary/aromatic N) is 1. The summed E-state index contributed by atoms with van der Waals surface area (Å²) in [5.41, 5.74) is 1.52. The van der Waals surface area contributed by atoms with Gasteiger partial charge in [-0.05, 0) is 19.8 Å². The first kappa shape index (κ1) is 16.4. The molecule has 0 spiro atoms. The van der Waals surface area contributed by atoms with Crippen molar-refractivity contribution in [3.8, 4) is 0 Å². The van der Waals surface area contributed by atoms with E-state index in [1.165, 1.54) is 10.4 Å². The molecule has 1 fully saturated rings. The number of carbonyl (C=O) groups excluding carboxylic acids is 2. The van der Waals surface area contributed by atoms with Crippen LogP contribution in [0, 0.1) is 11.8 Å². The molecule has 0 aromatic carbocycles. The van der Waals surface area contributed by atoms with Gasteiger partial charge in [0.2, 0.25) is 11.8 Å². The van der Waals surface area contributed by atoms with E-state index in [0.717, 1.165) is 12.8 Å². The Bertz CT molecular complexity index is 372. The quantitative estimate of drug-likeness (QED) is 0.490. The van der Waals surface area contributed by atoms with Crippen LogP contribution in [0.5, 0.6) is 0 Å². The highest BCUT2D eigenvalue weighted by molar-refractivity contribution is 5.85. The minimum atomic E-state index is -0.924. The molecule has 114 valence electrons. The molecule has 3 N–H and O–H groups in total. The number of rotatable bonds is 6. The molecule has 7 heteroatoms. The van der Waals surface area contributed by atoms with E-state index in [1.54, 1.807) is 6.92 Å². The second-order valence-corrected chi connectivity index (χ2v) is 5.04. The molecule has 7 nitrogen and oxygen atoms in total. The number of carboxylic acid groups (broad SMARTS) is 1. The van der Waals surface area contributed by atoms with Crippen molar-refractivity contribution in [2.75, 3.05) is 13.1 Å². The minimum Gasteiger partial charge on any atom is -0.481 e. The highest BCUT2D eigenvalue weighted by atomic mass is 16.5. The second-order valence-electron chi connectivity index (χ2n) is 5.04. The summed E-state index contributed by atoms with van der Waals surface area (Å²) in [5, 5.41) is 17.6. The van der Waals surface area contributed by atoms with E-state index in [0.29, 0.717) is 19.4 Å². The van der Waals surface area contributed by atoms with Crippen molar-refractivity contribution in [2.45, 2.75) is 39.0 Å². The summed E-state index contributed by atoms with van der Waals surface area (Å²) in [6, 6.07) is 0. The SMILES string of the molecule is CCN(CCC(=O)NO)C(=O)[C@H]1CCCC[C@@H]1C(=O)O. The summed E-state index contributed by atoms with van der Waals surface area (Å²) in [7, 11) is 0. The van der Waals surface area contributed by atoms with Gasteiger partial charge in [-0.15, -0.1) is 0 Å². The molecule has 0 aromatic heterocycles. The largest absolute Gasteiger partial charge is 0.481 e. The molecule has 1 saturated carbocycles. The number of carboxylic acids is 1. The highest BCUT2D eigenvalue weighted by Gasteiger charge is 2.37. The van der Waals surface area contributed by atoms with Crippen LogP contribution in [0.3, 0.4) is 0 Å². The molecular formula is C13H22N2O5. The van der Waals surface area contributed by atoms with Crippen molar-refractivity contribution in [2.24, 2.45) is 11.8 Å². The zero-order valence-corrected chi connectivity index (χ0v) is 11.7. The van der Waals surface area contributed by atoms with Crippen LogP contribution in [-0.4, -0.2) is 46.1 Å². The zero-order chi connectivity index (χ0) is 15.1. The van der Waals surface area contributed by atoms with Crippen molar-refractivity contribution in [1.82, 2.24) is 10.4 Å². The first-order valence-electron chi connectivity index (χ1n) is 6.95. The molecule has 1 aliphatic rings. The topological polar surface area (TPSA) is 107 Å². The van der Waals surface area contributed by atoms with Crippen LogP contribution >= 0.6 is 0 Å². The molecule has 0 aliphatic heterocycles. The lowest BCUT2D eigenvalue weighted by molar-refractivity contribution is -0.152. The minimum absolute atomic E-state index is 0.000534. The average molecular weight is 286 g/mol. The summed E-state index contributed by atoms with van der Waals surface area (Å²) in [5.74, 6) is -2.82. The number of nitrogens with one attached hydrogen (secondary N) is 1. The van der Waals surface area contributed by atoms with E-state index in [-0.39, 0.29) is 18.9 Å². The summed E-state index contributed by atoms with van der Waals surface area (Å²) in [4.78, 5) is 36.1. The third-order valence-electron chi connectivity index (χ3n) is 3.83. The monoisotopic (exact) mass is 286 g/mol. The smallest absolute Gasteiger partial charge is 0.307 e. The molecule has 0 heterocycles. The molecule has 0 saturated heterocycles. The summed E-state index contributed by atoms with van der Waals surface area (Å²) in [6.07, 6.45) is 2.80. The normalized spacial score (nSPS) is 22.1. The van der Waals surface area contributed by atoms with Gasteiger partial charge < -0.3 is 10.0 Å². The molecule has 2 amide bonds. The average Bonchev–Trinajstić information content (AvgIpc) is 2.47. The lowest BCUT2D eigenvalue weighted by atomic mass is 9.78. The first-order valence-corrected chi connectivity index (χ1v) is 6.95. The van der Waals surface area contributed by atoms with Crippen molar-refractivity contribution in [3.05, 3.63) is 0 Å². The van der Waals surface area contributed by atoms with Gasteiger partial charge in [-0.25, -0.2) is 5.48 Å². The number of hydrogen-bond acceptors (Lipinski definition) is 4. The molecule has 2 atom stereocenters. The van der Waals surface area contributed by atoms with Crippen molar-refractivity contribution in [1.29, 1.82) is 0 Å². The molecule has 20 heavy (non-hydrogen) atoms. The molecule has 0 unspecified atom stereocenters. The predicted molar refractivity (Wildman–Crippen MR) is 69.9 cm³/mol. The maximum absolute atomic E-state index is 12.4. The van der Waals surface area contributed by atoms with Gasteiger partial charge in [0, 0.05) is 19.5 Å². The van der Waals surface area contributed by atoms with E-state index in [1.807, 2.05) is 0 Å². The highest BCUT2D eigenvalue weighted by Crippen LogP contribution is 2.31. The van der Waals surface area contributed by atoms with E-state index < -0.39 is 23.7 Å². The Morgan fingerprint density at radius 2 is 1.80 bits per heavy atom. The van der Waals surface area contributed by atoms with Crippen LogP contribution in [0.1, 0.15) is 39.0 Å². The Morgan fingerprint density at radius 3 is 2.30 bits per heavy atom. The molecular weight excluding hydrogens is 264 g/mol. The molecule has 1 rings (SSSR count). The second kappa shape index (κ2) is 7.84. The van der Waals surface area contributed by atoms with Gasteiger partial charge >= 0.3 is 5.97 Å². The summed E-state index contributed by atoms with van der Waals surface area (Å²) < 4.78 is 0. The fraction of sp³-hybridized carbons (Fsp3) is 0.769. The maximum Gasteiger partial charge on any atom is 0.307 e. The third-order valence-corrected chi connectivity index (χ3v) is 3.83. The Balaban J connectivity index is 2.68. The van der Waals surface area contributed by atoms with Gasteiger partial charge in [-0.3, -0.25) is 19.6 Å². The van der Waals surface area contributed by atoms with Crippen molar-refractivity contribution < 1.29 is 24.7 Å². The number of amides is 2. The van der Waals surface area contributed by atoms with Crippen LogP contribution in [0.4, 0.5) is 0 Å². The van der Waals surface area contributed by atoms with Crippen LogP contribution in [0.25, 0.3) is 0 Å². The fourth-order valence-corrected chi connectivity index (χ4v) is 2.67. The maximum atomic E-state index is 12.4. The van der Waals surface area contributed by atoms with E-state index >= 15 is 0 Å². The molecule has 0 bridgehead atoms. The number of hydrogen-bond donors (Lipinski definition) is 3.